The van der Waals surface area contributed by atoms with Crippen molar-refractivity contribution in [2.45, 2.75) is 6.42 Å². The highest BCUT2D eigenvalue weighted by Gasteiger charge is 1.95. The average molecular weight is 114 g/mol. The summed E-state index contributed by atoms with van der Waals surface area (Å²) in [5, 5.41) is 6.69. The summed E-state index contributed by atoms with van der Waals surface area (Å²) < 4.78 is 4.79. The molecule has 0 unspecified atom stereocenters. The van der Waals surface area contributed by atoms with E-state index in [1.54, 1.807) is 7.11 Å². The molecule has 0 aliphatic heterocycles. The van der Waals surface area contributed by atoms with E-state index < -0.39 is 0 Å². The lowest BCUT2D eigenvalue weighted by atomic mass is 10.1. The first kappa shape index (κ1) is 7.63. The summed E-state index contributed by atoms with van der Waals surface area (Å²) in [6.07, 6.45) is 2.07. The lowest BCUT2D eigenvalue weighted by Crippen LogP contribution is -2.03. The Hall–Kier alpha value is -0.370. The van der Waals surface area contributed by atoms with Crippen molar-refractivity contribution >= 4 is 6.21 Å². The van der Waals surface area contributed by atoms with Crippen molar-refractivity contribution < 1.29 is 4.74 Å². The summed E-state index contributed by atoms with van der Waals surface area (Å²) in [5.74, 6) is 0.248. The minimum absolute atomic E-state index is 0.248. The van der Waals surface area contributed by atoms with Crippen molar-refractivity contribution in [2.24, 2.45) is 5.92 Å². The summed E-state index contributed by atoms with van der Waals surface area (Å²) in [5.41, 5.74) is 0. The molecule has 0 aromatic heterocycles. The summed E-state index contributed by atoms with van der Waals surface area (Å²) in [6, 6.07) is 0. The third-order valence-electron chi connectivity index (χ3n) is 0.854. The molecule has 0 fully saturated rings. The van der Waals surface area contributed by atoms with E-state index in [-0.39, 0.29) is 5.92 Å². The molecular weight excluding hydrogens is 102 g/mol. The third-order valence-corrected chi connectivity index (χ3v) is 0.854. The number of ether oxygens (including phenoxy) is 1. The molecule has 1 radical (unpaired) electrons. The van der Waals surface area contributed by atoms with Gasteiger partial charge in [0.2, 0.25) is 0 Å². The van der Waals surface area contributed by atoms with Gasteiger partial charge in [0.25, 0.3) is 0 Å². The van der Waals surface area contributed by atoms with Crippen molar-refractivity contribution in [2.75, 3.05) is 13.7 Å². The largest absolute Gasteiger partial charge is 0.384 e. The second-order valence-electron chi connectivity index (χ2n) is 1.76. The molecule has 0 aliphatic rings. The number of rotatable bonds is 4. The standard InChI is InChI=1S/C6H12NO/c1-6(3-4-7)5-8-2/h4,6-7H,1,3,5H2,2H3/t6-/m1/s1. The van der Waals surface area contributed by atoms with Crippen LogP contribution in [-0.4, -0.2) is 19.9 Å². The van der Waals surface area contributed by atoms with Gasteiger partial charge in [-0.2, -0.15) is 0 Å². The molecule has 2 nitrogen and oxygen atoms in total. The van der Waals surface area contributed by atoms with Crippen LogP contribution in [0, 0.1) is 18.3 Å². The Morgan fingerprint density at radius 1 is 1.88 bits per heavy atom. The molecular formula is C6H12NO. The Kier molecular flexibility index (Phi) is 4.56. The van der Waals surface area contributed by atoms with E-state index in [2.05, 4.69) is 6.92 Å². The first-order chi connectivity index (χ1) is 3.81. The van der Waals surface area contributed by atoms with Crippen molar-refractivity contribution in [3.05, 3.63) is 6.92 Å². The predicted molar refractivity (Wildman–Crippen MR) is 34.1 cm³/mol. The highest BCUT2D eigenvalue weighted by molar-refractivity contribution is 5.53. The molecule has 8 heavy (non-hydrogen) atoms. The van der Waals surface area contributed by atoms with Crippen LogP contribution >= 0.6 is 0 Å². The Labute approximate surface area is 50.4 Å². The molecule has 0 spiro atoms. The highest BCUT2D eigenvalue weighted by Crippen LogP contribution is 1.96. The molecule has 0 aromatic rings. The predicted octanol–water partition coefficient (Wildman–Crippen LogP) is 1.12. The number of hydrogen-bond acceptors (Lipinski definition) is 2. The monoisotopic (exact) mass is 114 g/mol. The van der Waals surface area contributed by atoms with Gasteiger partial charge < -0.3 is 10.1 Å². The average Bonchev–Trinajstić information content (AvgIpc) is 1.68. The van der Waals surface area contributed by atoms with Crippen molar-refractivity contribution in [1.82, 2.24) is 0 Å². The maximum atomic E-state index is 6.69. The Morgan fingerprint density at radius 3 is 2.88 bits per heavy atom. The van der Waals surface area contributed by atoms with Gasteiger partial charge in [-0.05, 0) is 25.5 Å². The molecule has 1 N–H and O–H groups in total. The van der Waals surface area contributed by atoms with Gasteiger partial charge in [-0.1, -0.05) is 0 Å². The van der Waals surface area contributed by atoms with E-state index in [4.69, 9.17) is 10.1 Å². The van der Waals surface area contributed by atoms with Crippen LogP contribution in [-0.2, 0) is 4.74 Å². The van der Waals surface area contributed by atoms with E-state index >= 15 is 0 Å². The van der Waals surface area contributed by atoms with Gasteiger partial charge in [0.05, 0.1) is 0 Å². The third kappa shape index (κ3) is 3.81. The zero-order valence-electron chi connectivity index (χ0n) is 5.18. The van der Waals surface area contributed by atoms with Crippen LogP contribution in [0.1, 0.15) is 6.42 Å². The fourth-order valence-electron chi connectivity index (χ4n) is 0.470. The summed E-state index contributed by atoms with van der Waals surface area (Å²) in [7, 11) is 1.64. The van der Waals surface area contributed by atoms with Crippen LogP contribution in [0.25, 0.3) is 0 Å². The number of nitrogens with one attached hydrogen (secondary N) is 1. The molecule has 0 bridgehead atoms. The van der Waals surface area contributed by atoms with E-state index in [1.165, 1.54) is 6.21 Å². The molecule has 0 rings (SSSR count). The Balaban J connectivity index is 3.03. The lowest BCUT2D eigenvalue weighted by molar-refractivity contribution is 0.171. The van der Waals surface area contributed by atoms with Gasteiger partial charge in [0.1, 0.15) is 0 Å². The van der Waals surface area contributed by atoms with Crippen molar-refractivity contribution in [3.8, 4) is 0 Å². The fourth-order valence-corrected chi connectivity index (χ4v) is 0.470. The molecule has 0 amide bonds. The van der Waals surface area contributed by atoms with Crippen LogP contribution in [0.4, 0.5) is 0 Å². The summed E-state index contributed by atoms with van der Waals surface area (Å²) in [6.45, 7) is 4.39. The summed E-state index contributed by atoms with van der Waals surface area (Å²) >= 11 is 0. The van der Waals surface area contributed by atoms with Gasteiger partial charge in [0, 0.05) is 13.7 Å². The normalized spacial score (nSPS) is 13.2. The van der Waals surface area contributed by atoms with Gasteiger partial charge in [-0.3, -0.25) is 0 Å². The van der Waals surface area contributed by atoms with Gasteiger partial charge in [-0.15, -0.1) is 0 Å². The van der Waals surface area contributed by atoms with Gasteiger partial charge in [0.15, 0.2) is 0 Å². The van der Waals surface area contributed by atoms with Gasteiger partial charge >= 0.3 is 0 Å². The first-order valence-electron chi connectivity index (χ1n) is 2.62. The number of hydrogen-bond donors (Lipinski definition) is 1. The smallest absolute Gasteiger partial charge is 0.0494 e. The van der Waals surface area contributed by atoms with E-state index in [0.717, 1.165) is 0 Å². The minimum Gasteiger partial charge on any atom is -0.384 e. The maximum Gasteiger partial charge on any atom is 0.0494 e. The van der Waals surface area contributed by atoms with Crippen molar-refractivity contribution in [1.29, 1.82) is 5.41 Å². The van der Waals surface area contributed by atoms with Gasteiger partial charge in [-0.25, -0.2) is 0 Å². The Bertz CT molecular complexity index is 63.5. The fraction of sp³-hybridized carbons (Fsp3) is 0.667. The van der Waals surface area contributed by atoms with Crippen LogP contribution in [0.2, 0.25) is 0 Å². The van der Waals surface area contributed by atoms with Crippen LogP contribution in [0.15, 0.2) is 0 Å². The molecule has 0 saturated carbocycles. The summed E-state index contributed by atoms with van der Waals surface area (Å²) in [4.78, 5) is 0. The van der Waals surface area contributed by atoms with Crippen molar-refractivity contribution in [3.63, 3.8) is 0 Å². The zero-order chi connectivity index (χ0) is 6.41. The topological polar surface area (TPSA) is 33.1 Å². The first-order valence-corrected chi connectivity index (χ1v) is 2.62. The van der Waals surface area contributed by atoms with Crippen LogP contribution in [0.3, 0.4) is 0 Å². The maximum absolute atomic E-state index is 6.69. The highest BCUT2D eigenvalue weighted by atomic mass is 16.5. The SMILES string of the molecule is [CH2][C@H](CC=N)COC. The molecule has 0 aromatic carbocycles. The molecule has 2 heteroatoms. The molecule has 0 aliphatic carbocycles. The zero-order valence-corrected chi connectivity index (χ0v) is 5.18. The van der Waals surface area contributed by atoms with Crippen LogP contribution < -0.4 is 0 Å². The lowest BCUT2D eigenvalue weighted by Gasteiger charge is -2.03. The van der Waals surface area contributed by atoms with E-state index in [9.17, 15) is 0 Å². The van der Waals surface area contributed by atoms with E-state index in [0.29, 0.717) is 13.0 Å². The second-order valence-corrected chi connectivity index (χ2v) is 1.76. The molecule has 0 heterocycles. The van der Waals surface area contributed by atoms with E-state index in [1.807, 2.05) is 0 Å². The Morgan fingerprint density at radius 2 is 2.50 bits per heavy atom. The van der Waals surface area contributed by atoms with Crippen LogP contribution in [0.5, 0.6) is 0 Å². The minimum atomic E-state index is 0.248. The quantitative estimate of drug-likeness (QED) is 0.546. The second kappa shape index (κ2) is 4.78. The molecule has 47 valence electrons. The number of methoxy groups -OCH3 is 1. The molecule has 0 saturated heterocycles. The molecule has 1 atom stereocenters.